The molecule has 0 aromatic heterocycles. The first-order valence-corrected chi connectivity index (χ1v) is 10.8. The Morgan fingerprint density at radius 2 is 1.90 bits per heavy atom. The lowest BCUT2D eigenvalue weighted by Crippen LogP contribution is -2.48. The summed E-state index contributed by atoms with van der Waals surface area (Å²) >= 11 is 0. The minimum absolute atomic E-state index is 0.00993. The number of carbonyl (C=O) groups excluding carboxylic acids is 2. The predicted molar refractivity (Wildman–Crippen MR) is 114 cm³/mol. The van der Waals surface area contributed by atoms with Crippen LogP contribution in [0.2, 0.25) is 0 Å². The van der Waals surface area contributed by atoms with E-state index in [1.54, 1.807) is 6.92 Å². The molecular weight excluding hydrogens is 382 g/mol. The second-order valence-electron chi connectivity index (χ2n) is 8.89. The van der Waals surface area contributed by atoms with Crippen molar-refractivity contribution in [1.82, 2.24) is 0 Å². The summed E-state index contributed by atoms with van der Waals surface area (Å²) < 4.78 is 17.0. The normalized spacial score (nSPS) is 25.4. The average molecular weight is 416 g/mol. The fourth-order valence-corrected chi connectivity index (χ4v) is 4.33. The Morgan fingerprint density at radius 1 is 1.20 bits per heavy atom. The van der Waals surface area contributed by atoms with E-state index in [1.807, 2.05) is 38.1 Å². The third kappa shape index (κ3) is 4.69. The molecule has 6 nitrogen and oxygen atoms in total. The summed E-state index contributed by atoms with van der Waals surface area (Å²) in [5.74, 6) is -0.325. The quantitative estimate of drug-likeness (QED) is 0.533. The third-order valence-electron chi connectivity index (χ3n) is 5.75. The number of rotatable bonds is 7. The lowest BCUT2D eigenvalue weighted by molar-refractivity contribution is -0.155. The van der Waals surface area contributed by atoms with Crippen molar-refractivity contribution in [3.8, 4) is 5.75 Å². The van der Waals surface area contributed by atoms with Crippen molar-refractivity contribution in [2.24, 2.45) is 17.1 Å². The van der Waals surface area contributed by atoms with Gasteiger partial charge in [-0.1, -0.05) is 39.3 Å². The van der Waals surface area contributed by atoms with Gasteiger partial charge < -0.3 is 14.2 Å². The molecule has 1 aromatic carbocycles. The lowest BCUT2D eigenvalue weighted by Gasteiger charge is -2.42. The molecular formula is C24H33NO5. The van der Waals surface area contributed by atoms with Crippen molar-refractivity contribution in [2.75, 3.05) is 13.2 Å². The number of benzene rings is 1. The van der Waals surface area contributed by atoms with Gasteiger partial charge >= 0.3 is 5.97 Å². The topological polar surface area (TPSA) is 87.9 Å². The highest BCUT2D eigenvalue weighted by Gasteiger charge is 2.49. The minimum Gasteiger partial charge on any atom is -0.494 e. The Morgan fingerprint density at radius 3 is 2.53 bits per heavy atom. The van der Waals surface area contributed by atoms with Gasteiger partial charge in [0.1, 0.15) is 17.4 Å². The van der Waals surface area contributed by atoms with Gasteiger partial charge in [0.05, 0.1) is 13.2 Å². The Kier molecular flexibility index (Phi) is 6.86. The van der Waals surface area contributed by atoms with Gasteiger partial charge in [-0.05, 0) is 36.5 Å². The van der Waals surface area contributed by atoms with E-state index < -0.39 is 24.0 Å². The highest BCUT2D eigenvalue weighted by molar-refractivity contribution is 6.00. The monoisotopic (exact) mass is 415 g/mol. The molecule has 0 radical (unpaired) electrons. The van der Waals surface area contributed by atoms with Gasteiger partial charge in [0.15, 0.2) is 12.0 Å². The zero-order chi connectivity index (χ0) is 21.9. The number of ether oxygens (including phenoxy) is 3. The standard InChI is InChI=1S/C24H33NO5/c1-5-7-12-29-16-10-8-15(9-11-16)19-20-17(26)13-24(3,4)14-18(20)30-22(25)21(19)23(27)28-6-2/h8-11,19,21-22H,5-7,12-14,25H2,1-4H3/t19-,21-,22-/m1/s1. The summed E-state index contributed by atoms with van der Waals surface area (Å²) in [6.07, 6.45) is 2.22. The van der Waals surface area contributed by atoms with Crippen LogP contribution in [0, 0.1) is 11.3 Å². The number of esters is 1. The number of hydrogen-bond donors (Lipinski definition) is 1. The predicted octanol–water partition coefficient (Wildman–Crippen LogP) is 4.09. The number of hydrogen-bond acceptors (Lipinski definition) is 6. The van der Waals surface area contributed by atoms with E-state index in [1.165, 1.54) is 0 Å². The molecule has 1 aromatic rings. The van der Waals surface area contributed by atoms with E-state index in [-0.39, 0.29) is 17.8 Å². The van der Waals surface area contributed by atoms with Crippen molar-refractivity contribution in [1.29, 1.82) is 0 Å². The molecule has 6 heteroatoms. The Hall–Kier alpha value is -2.34. The summed E-state index contributed by atoms with van der Waals surface area (Å²) in [6, 6.07) is 7.58. The maximum atomic E-state index is 13.1. The Labute approximate surface area is 178 Å². The van der Waals surface area contributed by atoms with Crippen molar-refractivity contribution in [2.45, 2.75) is 65.5 Å². The molecule has 0 unspecified atom stereocenters. The van der Waals surface area contributed by atoms with Crippen LogP contribution in [0.25, 0.3) is 0 Å². The number of nitrogens with two attached hydrogens (primary N) is 1. The second kappa shape index (κ2) is 9.21. The van der Waals surface area contributed by atoms with Crippen LogP contribution in [0.4, 0.5) is 0 Å². The largest absolute Gasteiger partial charge is 0.494 e. The van der Waals surface area contributed by atoms with Crippen LogP contribution < -0.4 is 10.5 Å². The first kappa shape index (κ1) is 22.3. The van der Waals surface area contributed by atoms with Crippen LogP contribution in [-0.4, -0.2) is 31.2 Å². The van der Waals surface area contributed by atoms with Crippen molar-refractivity contribution in [3.63, 3.8) is 0 Å². The fourth-order valence-electron chi connectivity index (χ4n) is 4.33. The summed E-state index contributed by atoms with van der Waals surface area (Å²) in [5, 5.41) is 0. The zero-order valence-corrected chi connectivity index (χ0v) is 18.4. The summed E-state index contributed by atoms with van der Waals surface area (Å²) in [4.78, 5) is 25.9. The van der Waals surface area contributed by atoms with E-state index in [4.69, 9.17) is 19.9 Å². The van der Waals surface area contributed by atoms with Crippen LogP contribution in [0.1, 0.15) is 64.9 Å². The van der Waals surface area contributed by atoms with Crippen LogP contribution in [0.3, 0.4) is 0 Å². The molecule has 0 bridgehead atoms. The second-order valence-corrected chi connectivity index (χ2v) is 8.89. The van der Waals surface area contributed by atoms with Crippen molar-refractivity contribution in [3.05, 3.63) is 41.2 Å². The number of ketones is 1. The maximum Gasteiger partial charge on any atom is 0.315 e. The van der Waals surface area contributed by atoms with Crippen LogP contribution in [0.15, 0.2) is 35.6 Å². The number of allylic oxidation sites excluding steroid dienone is 2. The van der Waals surface area contributed by atoms with Crippen LogP contribution in [-0.2, 0) is 19.1 Å². The molecule has 3 rings (SSSR count). The third-order valence-corrected chi connectivity index (χ3v) is 5.75. The van der Waals surface area contributed by atoms with Gasteiger partial charge in [-0.2, -0.15) is 0 Å². The van der Waals surface area contributed by atoms with E-state index in [9.17, 15) is 9.59 Å². The van der Waals surface area contributed by atoms with Crippen molar-refractivity contribution < 1.29 is 23.8 Å². The molecule has 0 saturated heterocycles. The molecule has 0 saturated carbocycles. The minimum atomic E-state index is -0.866. The molecule has 2 aliphatic rings. The summed E-state index contributed by atoms with van der Waals surface area (Å²) in [7, 11) is 0. The Balaban J connectivity index is 2.00. The number of carbonyl (C=O) groups is 2. The molecule has 3 atom stereocenters. The van der Waals surface area contributed by atoms with E-state index in [0.29, 0.717) is 30.8 Å². The smallest absolute Gasteiger partial charge is 0.315 e. The molecule has 164 valence electrons. The van der Waals surface area contributed by atoms with Gasteiger partial charge in [0.25, 0.3) is 0 Å². The number of unbranched alkanes of at least 4 members (excludes halogenated alkanes) is 1. The van der Waals surface area contributed by atoms with Crippen LogP contribution in [0.5, 0.6) is 5.75 Å². The molecule has 2 N–H and O–H groups in total. The molecule has 0 fully saturated rings. The molecule has 0 amide bonds. The van der Waals surface area contributed by atoms with E-state index in [0.717, 1.165) is 24.2 Å². The van der Waals surface area contributed by atoms with Crippen molar-refractivity contribution >= 4 is 11.8 Å². The molecule has 1 heterocycles. The Bertz CT molecular complexity index is 811. The first-order chi connectivity index (χ1) is 14.3. The highest BCUT2D eigenvalue weighted by Crippen LogP contribution is 2.49. The van der Waals surface area contributed by atoms with E-state index in [2.05, 4.69) is 6.92 Å². The van der Waals surface area contributed by atoms with Gasteiger partial charge in [0, 0.05) is 24.3 Å². The van der Waals surface area contributed by atoms with Gasteiger partial charge in [-0.3, -0.25) is 15.3 Å². The lowest BCUT2D eigenvalue weighted by atomic mass is 9.68. The van der Waals surface area contributed by atoms with Gasteiger partial charge in [-0.25, -0.2) is 0 Å². The highest BCUT2D eigenvalue weighted by atomic mass is 16.5. The summed E-state index contributed by atoms with van der Waals surface area (Å²) in [6.45, 7) is 8.85. The van der Waals surface area contributed by atoms with E-state index >= 15 is 0 Å². The molecule has 1 aliphatic heterocycles. The fraction of sp³-hybridized carbons (Fsp3) is 0.583. The molecule has 30 heavy (non-hydrogen) atoms. The first-order valence-electron chi connectivity index (χ1n) is 10.8. The maximum absolute atomic E-state index is 13.1. The summed E-state index contributed by atoms with van der Waals surface area (Å²) in [5.41, 5.74) is 7.50. The SMILES string of the molecule is CCCCOc1ccc([C@@H]2C3=C(CC(C)(C)CC3=O)O[C@@H](N)[C@@H]2C(=O)OCC)cc1. The molecule has 0 spiro atoms. The van der Waals surface area contributed by atoms with Gasteiger partial charge in [0.2, 0.25) is 0 Å². The zero-order valence-electron chi connectivity index (χ0n) is 18.4. The number of Topliss-reactive ketones (excluding diaryl/α,β-unsaturated/α-hetero) is 1. The molecule has 1 aliphatic carbocycles. The van der Waals surface area contributed by atoms with Crippen LogP contribution >= 0.6 is 0 Å². The van der Waals surface area contributed by atoms with Gasteiger partial charge in [-0.15, -0.1) is 0 Å². The average Bonchev–Trinajstić information content (AvgIpc) is 2.67.